The summed E-state index contributed by atoms with van der Waals surface area (Å²) < 4.78 is 34.6. The Labute approximate surface area is 329 Å². The van der Waals surface area contributed by atoms with E-state index in [1.54, 1.807) is 78.9 Å². The first-order valence-corrected chi connectivity index (χ1v) is 17.2. The van der Waals surface area contributed by atoms with Crippen LogP contribution in [0.3, 0.4) is 0 Å². The number of aromatic carboxylic acids is 4. The molecule has 0 aliphatic rings. The number of carboxylic acids is 4. The largest absolute Gasteiger partial charge is 0.490 e. The van der Waals surface area contributed by atoms with Crippen LogP contribution in [0.4, 0.5) is 0 Å². The zero-order valence-corrected chi connectivity index (χ0v) is 30.2. The third-order valence-electron chi connectivity index (χ3n) is 8.02. The molecule has 0 aliphatic carbocycles. The Kier molecular flexibility index (Phi) is 14.0. The molecule has 4 N–H and O–H groups in total. The summed E-state index contributed by atoms with van der Waals surface area (Å²) in [6.07, 6.45) is -2.23. The Morgan fingerprint density at radius 1 is 0.379 bits per heavy atom. The van der Waals surface area contributed by atoms with Crippen molar-refractivity contribution in [3.05, 3.63) is 155 Å². The zero-order chi connectivity index (χ0) is 41.6. The number of carbonyl (C=O) groups is 6. The Morgan fingerprint density at radius 3 is 1.07 bits per heavy atom. The van der Waals surface area contributed by atoms with Gasteiger partial charge in [-0.2, -0.15) is 0 Å². The molecular formula is C42H34O16. The van der Waals surface area contributed by atoms with E-state index in [0.717, 1.165) is 36.4 Å². The second-order valence-corrected chi connectivity index (χ2v) is 12.1. The molecule has 58 heavy (non-hydrogen) atoms. The van der Waals surface area contributed by atoms with Gasteiger partial charge in [0.05, 0.1) is 33.4 Å². The minimum Gasteiger partial charge on any atom is -0.490 e. The molecule has 0 spiro atoms. The third kappa shape index (κ3) is 11.6. The molecule has 0 saturated carbocycles. The fourth-order valence-corrected chi connectivity index (χ4v) is 5.17. The summed E-state index contributed by atoms with van der Waals surface area (Å²) in [5.41, 5.74) is -2.60. The highest BCUT2D eigenvalue weighted by atomic mass is 16.6. The highest BCUT2D eigenvalue weighted by Crippen LogP contribution is 2.23. The van der Waals surface area contributed by atoms with Crippen molar-refractivity contribution in [1.29, 1.82) is 0 Å². The number of esters is 2. The second-order valence-electron chi connectivity index (χ2n) is 12.1. The van der Waals surface area contributed by atoms with Gasteiger partial charge in [-0.25, -0.2) is 28.8 Å². The Morgan fingerprint density at radius 2 is 0.724 bits per heavy atom. The summed E-state index contributed by atoms with van der Waals surface area (Å²) in [6, 6.07) is 29.3. The molecule has 16 nitrogen and oxygen atoms in total. The SMILES string of the molecule is O=C(O)c1ccc(C(=O)OC(COc2ccccc2)COc2cccc(OCC(COc3ccccc3)OC(=O)c3ccc(C(=O)O)cc3C(=O)O)c2)c(C(=O)O)c1. The lowest BCUT2D eigenvalue weighted by atomic mass is 10.0. The molecule has 0 aromatic heterocycles. The van der Waals surface area contributed by atoms with Crippen molar-refractivity contribution in [1.82, 2.24) is 0 Å². The van der Waals surface area contributed by atoms with Gasteiger partial charge in [-0.1, -0.05) is 42.5 Å². The van der Waals surface area contributed by atoms with Gasteiger partial charge in [0.15, 0.2) is 12.2 Å². The molecule has 0 fully saturated rings. The molecule has 0 saturated heterocycles. The summed E-state index contributed by atoms with van der Waals surface area (Å²) in [4.78, 5) is 73.0. The topological polar surface area (TPSA) is 239 Å². The van der Waals surface area contributed by atoms with Crippen molar-refractivity contribution >= 4 is 35.8 Å². The van der Waals surface area contributed by atoms with Gasteiger partial charge >= 0.3 is 35.8 Å². The lowest BCUT2D eigenvalue weighted by Gasteiger charge is -2.21. The molecule has 298 valence electrons. The van der Waals surface area contributed by atoms with Crippen LogP contribution >= 0.6 is 0 Å². The van der Waals surface area contributed by atoms with Crippen LogP contribution in [-0.2, 0) is 9.47 Å². The number of hydrogen-bond acceptors (Lipinski definition) is 12. The fraction of sp³-hybridized carbons (Fsp3) is 0.143. The molecule has 5 aromatic carbocycles. The normalized spacial score (nSPS) is 11.6. The number of hydrogen-bond donors (Lipinski definition) is 4. The average Bonchev–Trinajstić information content (AvgIpc) is 3.22. The average molecular weight is 795 g/mol. The number of ether oxygens (including phenoxy) is 6. The summed E-state index contributed by atoms with van der Waals surface area (Å²) >= 11 is 0. The highest BCUT2D eigenvalue weighted by molar-refractivity contribution is 6.05. The maximum atomic E-state index is 13.2. The van der Waals surface area contributed by atoms with Crippen LogP contribution in [0.15, 0.2) is 121 Å². The van der Waals surface area contributed by atoms with E-state index >= 15 is 0 Å². The van der Waals surface area contributed by atoms with Gasteiger partial charge < -0.3 is 48.8 Å². The van der Waals surface area contributed by atoms with Crippen LogP contribution in [0, 0.1) is 0 Å². The number of rotatable bonds is 20. The Hall–Kier alpha value is -7.88. The molecule has 2 unspecified atom stereocenters. The molecule has 0 heterocycles. The number of carbonyl (C=O) groups excluding carboxylic acids is 2. The van der Waals surface area contributed by atoms with Gasteiger partial charge in [-0.3, -0.25) is 0 Å². The smallest absolute Gasteiger partial charge is 0.339 e. The van der Waals surface area contributed by atoms with Crippen molar-refractivity contribution in [2.24, 2.45) is 0 Å². The summed E-state index contributed by atoms with van der Waals surface area (Å²) in [6.45, 7) is -1.04. The lowest BCUT2D eigenvalue weighted by Crippen LogP contribution is -2.32. The first-order valence-electron chi connectivity index (χ1n) is 17.2. The van der Waals surface area contributed by atoms with Crippen molar-refractivity contribution in [3.8, 4) is 23.0 Å². The third-order valence-corrected chi connectivity index (χ3v) is 8.02. The van der Waals surface area contributed by atoms with E-state index in [9.17, 15) is 49.2 Å². The van der Waals surface area contributed by atoms with Gasteiger partial charge in [-0.15, -0.1) is 0 Å². The first kappa shape index (κ1) is 41.3. The van der Waals surface area contributed by atoms with Gasteiger partial charge in [-0.05, 0) is 72.8 Å². The molecule has 2 atom stereocenters. The molecule has 0 aliphatic heterocycles. The van der Waals surface area contributed by atoms with E-state index in [1.807, 2.05) is 0 Å². The van der Waals surface area contributed by atoms with Crippen LogP contribution < -0.4 is 18.9 Å². The van der Waals surface area contributed by atoms with Gasteiger partial charge in [0.1, 0.15) is 49.4 Å². The van der Waals surface area contributed by atoms with Crippen molar-refractivity contribution in [3.63, 3.8) is 0 Å². The molecule has 0 amide bonds. The number of carboxylic acid groups (broad SMARTS) is 4. The maximum absolute atomic E-state index is 13.2. The second kappa shape index (κ2) is 19.6. The molecular weight excluding hydrogens is 760 g/mol. The molecule has 5 rings (SSSR count). The van der Waals surface area contributed by atoms with Crippen LogP contribution in [-0.4, -0.2) is 94.9 Å². The standard InChI is InChI=1S/C42H34O16/c43-37(44)25-14-16-33(35(18-25)39(47)48)41(51)57-31(21-53-27-8-3-1-4-9-27)23-55-29-12-7-13-30(20-29)56-24-32(22-54-28-10-5-2-6-11-28)58-42(52)34-17-15-26(38(45)46)19-36(34)40(49)50/h1-20,31-32H,21-24H2,(H,43,44)(H,45,46)(H,47,48)(H,49,50). The number of benzene rings is 5. The van der Waals surface area contributed by atoms with Crippen LogP contribution in [0.5, 0.6) is 23.0 Å². The maximum Gasteiger partial charge on any atom is 0.339 e. The van der Waals surface area contributed by atoms with E-state index in [-0.39, 0.29) is 60.2 Å². The quantitative estimate of drug-likeness (QED) is 0.0676. The van der Waals surface area contributed by atoms with E-state index in [1.165, 1.54) is 6.07 Å². The van der Waals surface area contributed by atoms with Crippen LogP contribution in [0.25, 0.3) is 0 Å². The lowest BCUT2D eigenvalue weighted by molar-refractivity contribution is 0.00172. The Bertz CT molecular complexity index is 2120. The predicted octanol–water partition coefficient (Wildman–Crippen LogP) is 5.85. The van der Waals surface area contributed by atoms with E-state index in [2.05, 4.69) is 0 Å². The summed E-state index contributed by atoms with van der Waals surface area (Å²) in [5, 5.41) is 37.9. The minimum atomic E-state index is -1.54. The van der Waals surface area contributed by atoms with E-state index in [0.29, 0.717) is 11.5 Å². The minimum absolute atomic E-state index is 0.224. The summed E-state index contributed by atoms with van der Waals surface area (Å²) in [5.74, 6) is -6.63. The van der Waals surface area contributed by atoms with Crippen molar-refractivity contribution in [2.45, 2.75) is 12.2 Å². The van der Waals surface area contributed by atoms with Crippen LogP contribution in [0.1, 0.15) is 62.1 Å². The van der Waals surface area contributed by atoms with Crippen molar-refractivity contribution < 1.29 is 77.6 Å². The molecule has 0 bridgehead atoms. The van der Waals surface area contributed by atoms with E-state index in [4.69, 9.17) is 28.4 Å². The van der Waals surface area contributed by atoms with Crippen molar-refractivity contribution in [2.75, 3.05) is 26.4 Å². The fourth-order valence-electron chi connectivity index (χ4n) is 5.17. The monoisotopic (exact) mass is 794 g/mol. The Balaban J connectivity index is 1.29. The van der Waals surface area contributed by atoms with Gasteiger partial charge in [0.2, 0.25) is 0 Å². The van der Waals surface area contributed by atoms with Crippen LogP contribution in [0.2, 0.25) is 0 Å². The van der Waals surface area contributed by atoms with E-state index < -0.39 is 59.2 Å². The summed E-state index contributed by atoms with van der Waals surface area (Å²) in [7, 11) is 0. The molecule has 0 radical (unpaired) electrons. The highest BCUT2D eigenvalue weighted by Gasteiger charge is 2.26. The predicted molar refractivity (Wildman–Crippen MR) is 200 cm³/mol. The van der Waals surface area contributed by atoms with Gasteiger partial charge in [0, 0.05) is 6.07 Å². The van der Waals surface area contributed by atoms with Gasteiger partial charge in [0.25, 0.3) is 0 Å². The number of para-hydroxylation sites is 2. The molecule has 16 heteroatoms. The first-order chi connectivity index (χ1) is 27.9. The molecule has 5 aromatic rings. The zero-order valence-electron chi connectivity index (χ0n) is 30.2.